The SMILES string of the molecule is CCCOc1ccc(Br)cc1C(=O)Oc1cccc(C(=O)OCCOC)c1. The number of hydrogen-bond donors (Lipinski definition) is 0. The molecule has 27 heavy (non-hydrogen) atoms. The summed E-state index contributed by atoms with van der Waals surface area (Å²) in [7, 11) is 1.52. The van der Waals surface area contributed by atoms with Gasteiger partial charge in [-0.2, -0.15) is 0 Å². The first-order valence-corrected chi connectivity index (χ1v) is 9.25. The van der Waals surface area contributed by atoms with E-state index in [1.54, 1.807) is 36.4 Å². The quantitative estimate of drug-likeness (QED) is 0.332. The average molecular weight is 437 g/mol. The summed E-state index contributed by atoms with van der Waals surface area (Å²) in [6.07, 6.45) is 0.817. The molecule has 0 saturated carbocycles. The molecule has 6 nitrogen and oxygen atoms in total. The van der Waals surface area contributed by atoms with Crippen LogP contribution in [0.2, 0.25) is 0 Å². The first kappa shape index (κ1) is 20.9. The van der Waals surface area contributed by atoms with E-state index in [1.165, 1.54) is 13.2 Å². The summed E-state index contributed by atoms with van der Waals surface area (Å²) in [5.74, 6) is -0.408. The monoisotopic (exact) mass is 436 g/mol. The van der Waals surface area contributed by atoms with Gasteiger partial charge in [-0.25, -0.2) is 9.59 Å². The number of hydrogen-bond acceptors (Lipinski definition) is 6. The molecule has 0 aliphatic carbocycles. The summed E-state index contributed by atoms with van der Waals surface area (Å²) in [5.41, 5.74) is 0.582. The van der Waals surface area contributed by atoms with Crippen LogP contribution in [-0.2, 0) is 9.47 Å². The summed E-state index contributed by atoms with van der Waals surface area (Å²) in [5, 5.41) is 0. The third kappa shape index (κ3) is 6.37. The van der Waals surface area contributed by atoms with E-state index >= 15 is 0 Å². The van der Waals surface area contributed by atoms with Crippen molar-refractivity contribution in [3.63, 3.8) is 0 Å². The zero-order valence-corrected chi connectivity index (χ0v) is 16.8. The van der Waals surface area contributed by atoms with Gasteiger partial charge in [0.05, 0.1) is 18.8 Å². The van der Waals surface area contributed by atoms with Crippen LogP contribution in [0.4, 0.5) is 0 Å². The maximum absolute atomic E-state index is 12.6. The van der Waals surface area contributed by atoms with Crippen molar-refractivity contribution >= 4 is 27.9 Å². The first-order chi connectivity index (χ1) is 13.0. The molecule has 0 saturated heterocycles. The first-order valence-electron chi connectivity index (χ1n) is 8.45. The maximum Gasteiger partial charge on any atom is 0.347 e. The second kappa shape index (κ2) is 10.7. The molecule has 0 bridgehead atoms. The van der Waals surface area contributed by atoms with Gasteiger partial charge in [0.2, 0.25) is 0 Å². The molecule has 0 heterocycles. The van der Waals surface area contributed by atoms with Crippen molar-refractivity contribution in [2.75, 3.05) is 26.9 Å². The van der Waals surface area contributed by atoms with Gasteiger partial charge in [-0.05, 0) is 42.8 Å². The fraction of sp³-hybridized carbons (Fsp3) is 0.300. The lowest BCUT2D eigenvalue weighted by Gasteiger charge is -2.11. The molecule has 144 valence electrons. The molecule has 0 aliphatic rings. The third-order valence-electron chi connectivity index (χ3n) is 3.42. The van der Waals surface area contributed by atoms with Gasteiger partial charge in [0.1, 0.15) is 23.7 Å². The summed E-state index contributed by atoms with van der Waals surface area (Å²) < 4.78 is 21.7. The molecule has 2 rings (SSSR count). The van der Waals surface area contributed by atoms with Gasteiger partial charge >= 0.3 is 11.9 Å². The van der Waals surface area contributed by atoms with Crippen LogP contribution in [0.15, 0.2) is 46.9 Å². The molecule has 2 aromatic carbocycles. The van der Waals surface area contributed by atoms with Gasteiger partial charge in [-0.15, -0.1) is 0 Å². The van der Waals surface area contributed by atoms with E-state index in [1.807, 2.05) is 6.92 Å². The van der Waals surface area contributed by atoms with Crippen LogP contribution >= 0.6 is 15.9 Å². The van der Waals surface area contributed by atoms with Crippen LogP contribution in [0.25, 0.3) is 0 Å². The number of ether oxygens (including phenoxy) is 4. The van der Waals surface area contributed by atoms with Gasteiger partial charge in [0.15, 0.2) is 0 Å². The number of benzene rings is 2. The van der Waals surface area contributed by atoms with Crippen molar-refractivity contribution < 1.29 is 28.5 Å². The molecule has 0 atom stereocenters. The highest BCUT2D eigenvalue weighted by molar-refractivity contribution is 9.10. The minimum Gasteiger partial charge on any atom is -0.493 e. The molecule has 0 N–H and O–H groups in total. The summed E-state index contributed by atoms with van der Waals surface area (Å²) >= 11 is 3.34. The van der Waals surface area contributed by atoms with E-state index in [9.17, 15) is 9.59 Å². The van der Waals surface area contributed by atoms with Gasteiger partial charge in [0.25, 0.3) is 0 Å². The van der Waals surface area contributed by atoms with E-state index in [0.29, 0.717) is 24.5 Å². The van der Waals surface area contributed by atoms with Gasteiger partial charge < -0.3 is 18.9 Å². The average Bonchev–Trinajstić information content (AvgIpc) is 2.67. The Labute approximate surface area is 166 Å². The minimum absolute atomic E-state index is 0.148. The molecule has 0 aliphatic heterocycles. The number of rotatable bonds is 9. The summed E-state index contributed by atoms with van der Waals surface area (Å²) in [6.45, 7) is 2.93. The highest BCUT2D eigenvalue weighted by Crippen LogP contribution is 2.25. The number of carbonyl (C=O) groups excluding carboxylic acids is 2. The smallest absolute Gasteiger partial charge is 0.347 e. The lowest BCUT2D eigenvalue weighted by atomic mass is 10.2. The van der Waals surface area contributed by atoms with Crippen molar-refractivity contribution in [2.45, 2.75) is 13.3 Å². The fourth-order valence-electron chi connectivity index (χ4n) is 2.15. The third-order valence-corrected chi connectivity index (χ3v) is 3.92. The Bertz CT molecular complexity index is 790. The highest BCUT2D eigenvalue weighted by atomic mass is 79.9. The summed E-state index contributed by atoms with van der Waals surface area (Å²) in [4.78, 5) is 24.6. The Balaban J connectivity index is 2.13. The van der Waals surface area contributed by atoms with Crippen LogP contribution in [0.5, 0.6) is 11.5 Å². The van der Waals surface area contributed by atoms with Crippen LogP contribution in [0.3, 0.4) is 0 Å². The lowest BCUT2D eigenvalue weighted by Crippen LogP contribution is -2.13. The lowest BCUT2D eigenvalue weighted by molar-refractivity contribution is 0.0387. The van der Waals surface area contributed by atoms with E-state index in [-0.39, 0.29) is 17.9 Å². The topological polar surface area (TPSA) is 71.1 Å². The molecule has 0 aromatic heterocycles. The zero-order valence-electron chi connectivity index (χ0n) is 15.2. The second-order valence-electron chi connectivity index (χ2n) is 5.54. The molecular formula is C20H21BrO6. The molecule has 0 unspecified atom stereocenters. The zero-order chi connectivity index (χ0) is 19.6. The highest BCUT2D eigenvalue weighted by Gasteiger charge is 2.17. The van der Waals surface area contributed by atoms with E-state index in [0.717, 1.165) is 10.9 Å². The van der Waals surface area contributed by atoms with Gasteiger partial charge in [0, 0.05) is 11.6 Å². The number of methoxy groups -OCH3 is 1. The molecule has 0 fully saturated rings. The Morgan fingerprint density at radius 2 is 1.81 bits per heavy atom. The minimum atomic E-state index is -0.577. The number of halogens is 1. The van der Waals surface area contributed by atoms with E-state index in [2.05, 4.69) is 15.9 Å². The Kier molecular flexibility index (Phi) is 8.29. The van der Waals surface area contributed by atoms with Crippen molar-refractivity contribution in [3.8, 4) is 11.5 Å². The standard InChI is InChI=1S/C20H21BrO6/c1-3-9-25-18-8-7-15(21)13-17(18)20(23)27-16-6-4-5-14(12-16)19(22)26-11-10-24-2/h4-8,12-13H,3,9-11H2,1-2H3. The van der Waals surface area contributed by atoms with Crippen molar-refractivity contribution in [1.82, 2.24) is 0 Å². The largest absolute Gasteiger partial charge is 0.493 e. The number of esters is 2. The molecule has 0 spiro atoms. The van der Waals surface area contributed by atoms with E-state index in [4.69, 9.17) is 18.9 Å². The Morgan fingerprint density at radius 1 is 1.00 bits per heavy atom. The van der Waals surface area contributed by atoms with Gasteiger partial charge in [-0.3, -0.25) is 0 Å². The Morgan fingerprint density at radius 3 is 2.56 bits per heavy atom. The van der Waals surface area contributed by atoms with Crippen LogP contribution in [-0.4, -0.2) is 38.9 Å². The van der Waals surface area contributed by atoms with E-state index < -0.39 is 11.9 Å². The second-order valence-corrected chi connectivity index (χ2v) is 6.45. The molecule has 2 aromatic rings. The predicted molar refractivity (Wildman–Crippen MR) is 103 cm³/mol. The Hall–Kier alpha value is -2.38. The fourth-order valence-corrected chi connectivity index (χ4v) is 2.51. The summed E-state index contributed by atoms with van der Waals surface area (Å²) in [6, 6.07) is 11.4. The molecule has 0 amide bonds. The van der Waals surface area contributed by atoms with Crippen LogP contribution in [0, 0.1) is 0 Å². The van der Waals surface area contributed by atoms with Crippen LogP contribution in [0.1, 0.15) is 34.1 Å². The molecule has 7 heteroatoms. The van der Waals surface area contributed by atoms with Crippen LogP contribution < -0.4 is 9.47 Å². The normalized spacial score (nSPS) is 10.3. The van der Waals surface area contributed by atoms with Crippen molar-refractivity contribution in [1.29, 1.82) is 0 Å². The molecular weight excluding hydrogens is 416 g/mol. The van der Waals surface area contributed by atoms with Crippen molar-refractivity contribution in [2.24, 2.45) is 0 Å². The molecule has 0 radical (unpaired) electrons. The predicted octanol–water partition coefficient (Wildman–Crippen LogP) is 4.26. The van der Waals surface area contributed by atoms with Gasteiger partial charge in [-0.1, -0.05) is 28.9 Å². The maximum atomic E-state index is 12.6. The van der Waals surface area contributed by atoms with Crippen molar-refractivity contribution in [3.05, 3.63) is 58.1 Å². The number of carbonyl (C=O) groups is 2.